The number of aryl methyl sites for hydroxylation is 1. The first kappa shape index (κ1) is 15.2. The second-order valence-corrected chi connectivity index (χ2v) is 5.10. The third-order valence-corrected chi connectivity index (χ3v) is 3.55. The van der Waals surface area contributed by atoms with E-state index in [1.165, 1.54) is 25.3 Å². The molecule has 0 fully saturated rings. The molecule has 0 radical (unpaired) electrons. The normalized spacial score (nSPS) is 12.7. The lowest BCUT2D eigenvalue weighted by atomic mass is 9.99. The monoisotopic (exact) mass is 270 g/mol. The maximum atomic E-state index is 12.0. The van der Waals surface area contributed by atoms with Gasteiger partial charge in [-0.1, -0.05) is 51.6 Å². The van der Waals surface area contributed by atoms with Crippen molar-refractivity contribution in [3.8, 4) is 0 Å². The average Bonchev–Trinajstić information content (AvgIpc) is 2.36. The zero-order chi connectivity index (χ0) is 13.5. The number of rotatable bonds is 7. The lowest BCUT2D eigenvalue weighted by Gasteiger charge is -2.18. The predicted octanol–water partition coefficient (Wildman–Crippen LogP) is 3.68. The molecule has 0 amide bonds. The summed E-state index contributed by atoms with van der Waals surface area (Å²) in [4.78, 5) is 16.2. The molecular formula is C14H23ClN2O. The standard InChI is InChI=1S/C14H23ClN2O/c1-4-7-8-11(5-2)10-17-13(6-3)16-12(15)9-14(17)18/h9,11H,4-8,10H2,1-3H3. The summed E-state index contributed by atoms with van der Waals surface area (Å²) in [5.41, 5.74) is -0.0261. The van der Waals surface area contributed by atoms with Crippen molar-refractivity contribution < 1.29 is 0 Å². The van der Waals surface area contributed by atoms with Crippen LogP contribution in [0.25, 0.3) is 0 Å². The third kappa shape index (κ3) is 4.13. The number of halogens is 1. The fourth-order valence-corrected chi connectivity index (χ4v) is 2.35. The van der Waals surface area contributed by atoms with Gasteiger partial charge in [0.1, 0.15) is 11.0 Å². The van der Waals surface area contributed by atoms with Gasteiger partial charge in [0.05, 0.1) is 0 Å². The van der Waals surface area contributed by atoms with Crippen LogP contribution >= 0.6 is 11.6 Å². The van der Waals surface area contributed by atoms with Crippen molar-refractivity contribution in [3.63, 3.8) is 0 Å². The Bertz CT molecular complexity index is 428. The topological polar surface area (TPSA) is 34.9 Å². The largest absolute Gasteiger partial charge is 0.296 e. The Labute approximate surface area is 114 Å². The van der Waals surface area contributed by atoms with Crippen molar-refractivity contribution in [1.29, 1.82) is 0 Å². The van der Waals surface area contributed by atoms with Gasteiger partial charge < -0.3 is 0 Å². The number of nitrogens with zero attached hydrogens (tertiary/aromatic N) is 2. The Kier molecular flexibility index (Phi) is 6.41. The Balaban J connectivity index is 2.91. The molecule has 1 unspecified atom stereocenters. The van der Waals surface area contributed by atoms with E-state index in [1.807, 2.05) is 6.92 Å². The molecular weight excluding hydrogens is 248 g/mol. The third-order valence-electron chi connectivity index (χ3n) is 3.36. The summed E-state index contributed by atoms with van der Waals surface area (Å²) in [5, 5.41) is 0.301. The van der Waals surface area contributed by atoms with E-state index < -0.39 is 0 Å². The van der Waals surface area contributed by atoms with Crippen LogP contribution in [0.4, 0.5) is 0 Å². The number of hydrogen-bond donors (Lipinski definition) is 0. The molecule has 0 aliphatic heterocycles. The van der Waals surface area contributed by atoms with Crippen molar-refractivity contribution >= 4 is 11.6 Å². The van der Waals surface area contributed by atoms with E-state index in [0.717, 1.165) is 25.2 Å². The van der Waals surface area contributed by atoms with Gasteiger partial charge in [-0.05, 0) is 12.3 Å². The van der Waals surface area contributed by atoms with Crippen LogP contribution in [0.2, 0.25) is 5.15 Å². The molecule has 1 aromatic rings. The molecule has 0 saturated carbocycles. The lowest BCUT2D eigenvalue weighted by Crippen LogP contribution is -2.27. The van der Waals surface area contributed by atoms with Gasteiger partial charge in [0.2, 0.25) is 0 Å². The summed E-state index contributed by atoms with van der Waals surface area (Å²) in [6.07, 6.45) is 5.42. The summed E-state index contributed by atoms with van der Waals surface area (Å²) in [7, 11) is 0. The molecule has 102 valence electrons. The molecule has 0 aliphatic carbocycles. The van der Waals surface area contributed by atoms with Crippen molar-refractivity contribution in [3.05, 3.63) is 27.4 Å². The van der Waals surface area contributed by atoms with E-state index in [9.17, 15) is 4.79 Å². The van der Waals surface area contributed by atoms with E-state index in [4.69, 9.17) is 11.6 Å². The molecule has 18 heavy (non-hydrogen) atoms. The fraction of sp³-hybridized carbons (Fsp3) is 0.714. The van der Waals surface area contributed by atoms with Crippen LogP contribution in [0.1, 0.15) is 52.3 Å². The molecule has 1 heterocycles. The summed E-state index contributed by atoms with van der Waals surface area (Å²) in [6, 6.07) is 1.41. The van der Waals surface area contributed by atoms with Crippen LogP contribution in [-0.2, 0) is 13.0 Å². The number of unbranched alkanes of at least 4 members (excludes halogenated alkanes) is 1. The molecule has 1 aromatic heterocycles. The zero-order valence-electron chi connectivity index (χ0n) is 11.6. The van der Waals surface area contributed by atoms with E-state index in [0.29, 0.717) is 11.1 Å². The van der Waals surface area contributed by atoms with E-state index in [1.54, 1.807) is 4.57 Å². The van der Waals surface area contributed by atoms with Crippen LogP contribution in [-0.4, -0.2) is 9.55 Å². The molecule has 0 bridgehead atoms. The first-order chi connectivity index (χ1) is 8.62. The second kappa shape index (κ2) is 7.57. The second-order valence-electron chi connectivity index (χ2n) is 4.71. The van der Waals surface area contributed by atoms with Crippen LogP contribution in [0, 0.1) is 5.92 Å². The Morgan fingerprint density at radius 1 is 1.39 bits per heavy atom. The fourth-order valence-electron chi connectivity index (χ4n) is 2.16. The van der Waals surface area contributed by atoms with Crippen LogP contribution in [0.3, 0.4) is 0 Å². The number of hydrogen-bond acceptors (Lipinski definition) is 2. The molecule has 1 atom stereocenters. The van der Waals surface area contributed by atoms with Crippen molar-refractivity contribution in [1.82, 2.24) is 9.55 Å². The maximum absolute atomic E-state index is 12.0. The van der Waals surface area contributed by atoms with Crippen LogP contribution in [0.5, 0.6) is 0 Å². The highest BCUT2D eigenvalue weighted by molar-refractivity contribution is 6.29. The quantitative estimate of drug-likeness (QED) is 0.709. The molecule has 1 rings (SSSR count). The highest BCUT2D eigenvalue weighted by Crippen LogP contribution is 2.15. The Morgan fingerprint density at radius 2 is 2.11 bits per heavy atom. The molecule has 0 spiro atoms. The van der Waals surface area contributed by atoms with Gasteiger partial charge in [0.25, 0.3) is 5.56 Å². The molecule has 0 N–H and O–H groups in total. The van der Waals surface area contributed by atoms with Crippen molar-refractivity contribution in [2.45, 2.75) is 59.4 Å². The lowest BCUT2D eigenvalue weighted by molar-refractivity contribution is 0.376. The van der Waals surface area contributed by atoms with Gasteiger partial charge in [-0.15, -0.1) is 0 Å². The Hall–Kier alpha value is -0.830. The highest BCUT2D eigenvalue weighted by Gasteiger charge is 2.12. The summed E-state index contributed by atoms with van der Waals surface area (Å²) in [6.45, 7) is 7.14. The SMILES string of the molecule is CCCCC(CC)Cn1c(CC)nc(Cl)cc1=O. The molecule has 0 aromatic carbocycles. The minimum absolute atomic E-state index is 0.0261. The smallest absolute Gasteiger partial charge is 0.254 e. The minimum Gasteiger partial charge on any atom is -0.296 e. The highest BCUT2D eigenvalue weighted by atomic mass is 35.5. The zero-order valence-corrected chi connectivity index (χ0v) is 12.3. The molecule has 0 aliphatic rings. The summed E-state index contributed by atoms with van der Waals surface area (Å²) in [5.74, 6) is 1.35. The maximum Gasteiger partial charge on any atom is 0.254 e. The molecule has 4 heteroatoms. The van der Waals surface area contributed by atoms with E-state index in [2.05, 4.69) is 18.8 Å². The first-order valence-corrected chi connectivity index (χ1v) is 7.26. The van der Waals surface area contributed by atoms with Crippen LogP contribution in [0.15, 0.2) is 10.9 Å². The van der Waals surface area contributed by atoms with Gasteiger partial charge in [0.15, 0.2) is 0 Å². The molecule has 0 saturated heterocycles. The average molecular weight is 271 g/mol. The minimum atomic E-state index is -0.0261. The van der Waals surface area contributed by atoms with Crippen LogP contribution < -0.4 is 5.56 Å². The first-order valence-electron chi connectivity index (χ1n) is 6.88. The van der Waals surface area contributed by atoms with Crippen molar-refractivity contribution in [2.75, 3.05) is 0 Å². The number of aromatic nitrogens is 2. The van der Waals surface area contributed by atoms with Gasteiger partial charge in [0, 0.05) is 19.0 Å². The Morgan fingerprint density at radius 3 is 2.67 bits per heavy atom. The predicted molar refractivity (Wildman–Crippen MR) is 76.2 cm³/mol. The van der Waals surface area contributed by atoms with Gasteiger partial charge in [-0.3, -0.25) is 9.36 Å². The van der Waals surface area contributed by atoms with Crippen molar-refractivity contribution in [2.24, 2.45) is 5.92 Å². The van der Waals surface area contributed by atoms with E-state index >= 15 is 0 Å². The van der Waals surface area contributed by atoms with Gasteiger partial charge in [-0.25, -0.2) is 4.98 Å². The van der Waals surface area contributed by atoms with Gasteiger partial charge in [-0.2, -0.15) is 0 Å². The van der Waals surface area contributed by atoms with Gasteiger partial charge >= 0.3 is 0 Å². The summed E-state index contributed by atoms with van der Waals surface area (Å²) >= 11 is 5.83. The molecule has 3 nitrogen and oxygen atoms in total. The van der Waals surface area contributed by atoms with E-state index in [-0.39, 0.29) is 5.56 Å². The summed E-state index contributed by atoms with van der Waals surface area (Å²) < 4.78 is 1.79.